The van der Waals surface area contributed by atoms with E-state index in [1.807, 2.05) is 20.8 Å². The Kier molecular flexibility index (Phi) is 15.1. The van der Waals surface area contributed by atoms with Gasteiger partial charge in [0.25, 0.3) is 0 Å². The predicted octanol–water partition coefficient (Wildman–Crippen LogP) is 1.75. The van der Waals surface area contributed by atoms with Crippen molar-refractivity contribution in [3.05, 3.63) is 0 Å². The Morgan fingerprint density at radius 2 is 1.36 bits per heavy atom. The van der Waals surface area contributed by atoms with Crippen molar-refractivity contribution in [2.24, 2.45) is 0 Å². The van der Waals surface area contributed by atoms with Gasteiger partial charge >= 0.3 is 21.1 Å². The summed E-state index contributed by atoms with van der Waals surface area (Å²) in [5, 5.41) is 14.4. The Balaban J connectivity index is -0.000000114. The third-order valence-corrected chi connectivity index (χ3v) is 0.850. The summed E-state index contributed by atoms with van der Waals surface area (Å²) in [5.41, 5.74) is 0.0571. The van der Waals surface area contributed by atoms with Crippen LogP contribution in [-0.4, -0.2) is 20.7 Å². The molecule has 70 valence electrons. The first-order valence-electron chi connectivity index (χ1n) is 2.51. The SMILES string of the molecule is CC(C)(C)NCl.ON(O)Cl.[Pt+4]. The summed E-state index contributed by atoms with van der Waals surface area (Å²) in [7, 11) is 0. The van der Waals surface area contributed by atoms with E-state index in [-0.39, 0.29) is 26.6 Å². The number of hydrogen-bond donors (Lipinski definition) is 3. The van der Waals surface area contributed by atoms with E-state index in [2.05, 4.69) is 16.6 Å². The summed E-state index contributed by atoms with van der Waals surface area (Å²) < 4.78 is -0.528. The molecule has 0 radical (unpaired) electrons. The van der Waals surface area contributed by atoms with Crippen molar-refractivity contribution in [3.8, 4) is 0 Å². The topological polar surface area (TPSA) is 55.7 Å². The van der Waals surface area contributed by atoms with Gasteiger partial charge in [-0.25, -0.2) is 4.84 Å². The van der Waals surface area contributed by atoms with E-state index in [0.717, 1.165) is 0 Å². The van der Waals surface area contributed by atoms with Crippen LogP contribution in [0.25, 0.3) is 0 Å². The third kappa shape index (κ3) is 54.6. The van der Waals surface area contributed by atoms with Crippen LogP contribution in [0.5, 0.6) is 0 Å². The normalized spacial score (nSPS) is 9.82. The molecule has 0 aromatic rings. The van der Waals surface area contributed by atoms with Gasteiger partial charge in [-0.1, -0.05) is 0 Å². The summed E-state index contributed by atoms with van der Waals surface area (Å²) in [5.74, 6) is 0. The number of hydrogen-bond acceptors (Lipinski definition) is 4. The molecule has 0 bridgehead atoms. The van der Waals surface area contributed by atoms with E-state index in [0.29, 0.717) is 0 Å². The van der Waals surface area contributed by atoms with Crippen LogP contribution in [0.4, 0.5) is 0 Å². The molecule has 11 heavy (non-hydrogen) atoms. The Bertz CT molecular complexity index is 76.2. The van der Waals surface area contributed by atoms with Gasteiger partial charge in [0.1, 0.15) is 0 Å². The van der Waals surface area contributed by atoms with Crippen LogP contribution < -0.4 is 4.84 Å². The first-order chi connectivity index (χ1) is 4.29. The van der Waals surface area contributed by atoms with Crippen LogP contribution in [-0.2, 0) is 21.1 Å². The smallest absolute Gasteiger partial charge is 0.275 e. The molecule has 0 saturated heterocycles. The molecule has 0 unspecified atom stereocenters. The largest absolute Gasteiger partial charge is 4.00 e. The molecule has 0 aliphatic carbocycles. The maximum atomic E-state index is 7.21. The van der Waals surface area contributed by atoms with Crippen LogP contribution in [0.2, 0.25) is 0 Å². The molecule has 0 saturated carbocycles. The summed E-state index contributed by atoms with van der Waals surface area (Å²) in [6.45, 7) is 6.00. The van der Waals surface area contributed by atoms with Gasteiger partial charge in [-0.3, -0.25) is 10.4 Å². The summed E-state index contributed by atoms with van der Waals surface area (Å²) in [4.78, 5) is 2.58. The molecule has 0 spiro atoms. The second-order valence-corrected chi connectivity index (χ2v) is 3.08. The molecule has 0 atom stereocenters. The Morgan fingerprint density at radius 1 is 1.27 bits per heavy atom. The molecular formula is C4H12Cl2N2O2Pt+4. The van der Waals surface area contributed by atoms with Gasteiger partial charge in [0.05, 0.1) is 0 Å². The first-order valence-corrected chi connectivity index (χ1v) is 3.22. The van der Waals surface area contributed by atoms with Crippen molar-refractivity contribution in [2.45, 2.75) is 26.3 Å². The zero-order valence-electron chi connectivity index (χ0n) is 6.41. The van der Waals surface area contributed by atoms with E-state index in [9.17, 15) is 0 Å². The fourth-order valence-corrected chi connectivity index (χ4v) is 0. The predicted molar refractivity (Wildman–Crippen MR) is 40.0 cm³/mol. The molecular weight excluding hydrogens is 374 g/mol. The molecule has 0 heterocycles. The molecule has 0 amide bonds. The average Bonchev–Trinajstić information content (AvgIpc) is 1.63. The monoisotopic (exact) mass is 385 g/mol. The van der Waals surface area contributed by atoms with Gasteiger partial charge in [0.2, 0.25) is 0 Å². The van der Waals surface area contributed by atoms with Crippen LogP contribution in [0.15, 0.2) is 0 Å². The number of halogens is 2. The molecule has 0 aromatic heterocycles. The maximum absolute atomic E-state index is 7.21. The van der Waals surface area contributed by atoms with E-state index < -0.39 is 4.75 Å². The van der Waals surface area contributed by atoms with Gasteiger partial charge in [-0.2, -0.15) is 0 Å². The molecule has 0 aliphatic heterocycles. The third-order valence-electron chi connectivity index (χ3n) is 0.283. The summed E-state index contributed by atoms with van der Waals surface area (Å²) in [6, 6.07) is 0. The van der Waals surface area contributed by atoms with Crippen LogP contribution in [0.1, 0.15) is 20.8 Å². The summed E-state index contributed by atoms with van der Waals surface area (Å²) in [6.07, 6.45) is 0. The molecule has 0 aliphatic rings. The van der Waals surface area contributed by atoms with E-state index in [1.165, 1.54) is 0 Å². The van der Waals surface area contributed by atoms with Crippen molar-refractivity contribution >= 4 is 23.6 Å². The van der Waals surface area contributed by atoms with Crippen LogP contribution in [0.3, 0.4) is 0 Å². The second-order valence-electron chi connectivity index (χ2n) is 2.59. The fraction of sp³-hybridized carbons (Fsp3) is 1.00. The molecule has 0 aromatic carbocycles. The molecule has 7 heteroatoms. The minimum absolute atomic E-state index is 0. The zero-order valence-corrected chi connectivity index (χ0v) is 10.2. The zero-order chi connectivity index (χ0) is 8.78. The molecule has 4 nitrogen and oxygen atoms in total. The summed E-state index contributed by atoms with van der Waals surface area (Å²) >= 11 is 9.45. The van der Waals surface area contributed by atoms with Gasteiger partial charge < -0.3 is 0 Å². The average molecular weight is 386 g/mol. The quantitative estimate of drug-likeness (QED) is 0.439. The van der Waals surface area contributed by atoms with E-state index in [4.69, 9.17) is 22.2 Å². The van der Waals surface area contributed by atoms with E-state index in [1.54, 1.807) is 0 Å². The first kappa shape index (κ1) is 18.0. The minimum Gasteiger partial charge on any atom is -0.275 e. The minimum atomic E-state index is -0.528. The number of rotatable bonds is 0. The van der Waals surface area contributed by atoms with Gasteiger partial charge in [-0.15, -0.1) is 0 Å². The van der Waals surface area contributed by atoms with E-state index >= 15 is 0 Å². The molecule has 0 fully saturated rings. The second kappa shape index (κ2) is 9.20. The van der Waals surface area contributed by atoms with Crippen molar-refractivity contribution in [3.63, 3.8) is 0 Å². The van der Waals surface area contributed by atoms with Crippen molar-refractivity contribution in [1.29, 1.82) is 0 Å². The Morgan fingerprint density at radius 3 is 1.36 bits per heavy atom. The van der Waals surface area contributed by atoms with Crippen molar-refractivity contribution in [1.82, 2.24) is 9.58 Å². The van der Waals surface area contributed by atoms with Crippen LogP contribution >= 0.6 is 23.6 Å². The van der Waals surface area contributed by atoms with Gasteiger partial charge in [0, 0.05) is 22.1 Å². The number of nitrogens with one attached hydrogen (secondary N) is 1. The van der Waals surface area contributed by atoms with Crippen molar-refractivity contribution < 1.29 is 31.5 Å². The Hall–Kier alpha value is 1.11. The van der Waals surface area contributed by atoms with Crippen molar-refractivity contribution in [2.75, 3.05) is 0 Å². The van der Waals surface area contributed by atoms with Crippen LogP contribution in [0, 0.1) is 0 Å². The fourth-order valence-electron chi connectivity index (χ4n) is 0. The molecule has 3 N–H and O–H groups in total. The standard InChI is InChI=1S/C4H10ClN.ClH2NO2.Pt/c1-4(2,3)6-5;1-2(3)4;/h6H,1-3H3;3-4H;/q;;+4. The van der Waals surface area contributed by atoms with Gasteiger partial charge in [0.15, 0.2) is 0 Å². The molecule has 0 rings (SSSR count). The maximum Gasteiger partial charge on any atom is 4.00 e. The Labute approximate surface area is 90.9 Å². The number of nitrogens with zero attached hydrogens (tertiary/aromatic N) is 1. The van der Waals surface area contributed by atoms with Gasteiger partial charge in [-0.05, 0) is 32.5 Å².